The molecule has 148 valence electrons. The first-order chi connectivity index (χ1) is 13.5. The van der Waals surface area contributed by atoms with E-state index < -0.39 is 0 Å². The van der Waals surface area contributed by atoms with Crippen LogP contribution in [-0.2, 0) is 17.8 Å². The maximum absolute atomic E-state index is 5.48. The van der Waals surface area contributed by atoms with Crippen molar-refractivity contribution in [3.05, 3.63) is 64.5 Å². The SMILES string of the molecule is Cc1cc(C)c(C)c(C[n+]2cn(CCN3CCOCC3)c3ccccc32)c1C. The fourth-order valence-electron chi connectivity index (χ4n) is 4.33. The van der Waals surface area contributed by atoms with Gasteiger partial charge in [-0.3, -0.25) is 4.90 Å². The summed E-state index contributed by atoms with van der Waals surface area (Å²) in [6.45, 7) is 15.8. The zero-order valence-corrected chi connectivity index (χ0v) is 17.7. The van der Waals surface area contributed by atoms with E-state index in [1.165, 1.54) is 38.9 Å². The molecule has 0 unspecified atom stereocenters. The summed E-state index contributed by atoms with van der Waals surface area (Å²) < 4.78 is 10.3. The summed E-state index contributed by atoms with van der Waals surface area (Å²) in [6.07, 6.45) is 2.31. The molecule has 0 atom stereocenters. The second-order valence-electron chi connectivity index (χ2n) is 8.12. The predicted octanol–water partition coefficient (Wildman–Crippen LogP) is 3.54. The Morgan fingerprint density at radius 2 is 1.61 bits per heavy atom. The van der Waals surface area contributed by atoms with E-state index >= 15 is 0 Å². The van der Waals surface area contributed by atoms with Crippen LogP contribution in [0, 0.1) is 27.7 Å². The van der Waals surface area contributed by atoms with Crippen LogP contribution < -0.4 is 4.57 Å². The molecule has 0 amide bonds. The van der Waals surface area contributed by atoms with Crippen molar-refractivity contribution < 1.29 is 9.30 Å². The van der Waals surface area contributed by atoms with E-state index in [1.807, 2.05) is 0 Å². The van der Waals surface area contributed by atoms with E-state index in [-0.39, 0.29) is 0 Å². The lowest BCUT2D eigenvalue weighted by molar-refractivity contribution is -0.663. The molecule has 1 fully saturated rings. The first-order valence-electron chi connectivity index (χ1n) is 10.4. The van der Waals surface area contributed by atoms with Crippen molar-refractivity contribution in [2.24, 2.45) is 0 Å². The number of hydrogen-bond donors (Lipinski definition) is 0. The summed E-state index contributed by atoms with van der Waals surface area (Å²) in [5.74, 6) is 0. The molecule has 0 saturated carbocycles. The van der Waals surface area contributed by atoms with Crippen LogP contribution in [-0.4, -0.2) is 42.3 Å². The maximum Gasteiger partial charge on any atom is 0.245 e. The second kappa shape index (κ2) is 8.06. The summed E-state index contributed by atoms with van der Waals surface area (Å²) in [5, 5.41) is 0. The van der Waals surface area contributed by atoms with Gasteiger partial charge < -0.3 is 4.74 Å². The van der Waals surface area contributed by atoms with E-state index in [4.69, 9.17) is 4.74 Å². The van der Waals surface area contributed by atoms with Gasteiger partial charge in [-0.1, -0.05) is 18.2 Å². The van der Waals surface area contributed by atoms with Crippen LogP contribution in [0.1, 0.15) is 27.8 Å². The monoisotopic (exact) mass is 378 g/mol. The number of benzene rings is 2. The molecule has 3 aromatic rings. The highest BCUT2D eigenvalue weighted by atomic mass is 16.5. The quantitative estimate of drug-likeness (QED) is 0.633. The van der Waals surface area contributed by atoms with Crippen LogP contribution in [0.4, 0.5) is 0 Å². The molecule has 2 heterocycles. The number of rotatable bonds is 5. The molecule has 4 rings (SSSR count). The van der Waals surface area contributed by atoms with Gasteiger partial charge in [0.25, 0.3) is 0 Å². The standard InChI is InChI=1S/C24H32N3O/c1-18-15-19(2)21(4)22(20(18)3)16-27-17-26(23-7-5-6-8-24(23)27)10-9-25-11-13-28-14-12-25/h5-8,15,17H,9-14,16H2,1-4H3/q+1. The van der Waals surface area contributed by atoms with Gasteiger partial charge in [0.05, 0.1) is 13.2 Å². The van der Waals surface area contributed by atoms with Crippen molar-refractivity contribution >= 4 is 11.0 Å². The molecule has 1 aliphatic heterocycles. The second-order valence-corrected chi connectivity index (χ2v) is 8.12. The molecule has 0 radical (unpaired) electrons. The molecule has 2 aromatic carbocycles. The lowest BCUT2D eigenvalue weighted by atomic mass is 9.94. The smallest absolute Gasteiger partial charge is 0.245 e. The topological polar surface area (TPSA) is 21.3 Å². The summed E-state index contributed by atoms with van der Waals surface area (Å²) in [7, 11) is 0. The van der Waals surface area contributed by atoms with Gasteiger partial charge in [-0.05, 0) is 67.6 Å². The van der Waals surface area contributed by atoms with Crippen molar-refractivity contribution in [1.29, 1.82) is 0 Å². The number of morpholine rings is 1. The molecule has 28 heavy (non-hydrogen) atoms. The Balaban J connectivity index is 1.65. The summed E-state index contributed by atoms with van der Waals surface area (Å²) in [4.78, 5) is 2.50. The fourth-order valence-corrected chi connectivity index (χ4v) is 4.33. The van der Waals surface area contributed by atoms with Crippen LogP contribution in [0.25, 0.3) is 11.0 Å². The Labute approximate surface area is 168 Å². The van der Waals surface area contributed by atoms with Gasteiger partial charge in [-0.25, -0.2) is 9.13 Å². The Morgan fingerprint density at radius 3 is 2.32 bits per heavy atom. The summed E-state index contributed by atoms with van der Waals surface area (Å²) in [5.41, 5.74) is 9.68. The molecule has 0 N–H and O–H groups in total. The average molecular weight is 379 g/mol. The summed E-state index contributed by atoms with van der Waals surface area (Å²) in [6, 6.07) is 11.1. The zero-order valence-electron chi connectivity index (χ0n) is 17.7. The van der Waals surface area contributed by atoms with E-state index in [0.717, 1.165) is 45.9 Å². The van der Waals surface area contributed by atoms with Crippen LogP contribution in [0.3, 0.4) is 0 Å². The molecular weight excluding hydrogens is 346 g/mol. The number of fused-ring (bicyclic) bond motifs is 1. The third-order valence-corrected chi connectivity index (χ3v) is 6.39. The normalized spacial score (nSPS) is 15.4. The van der Waals surface area contributed by atoms with E-state index in [9.17, 15) is 0 Å². The number of para-hydroxylation sites is 2. The summed E-state index contributed by atoms with van der Waals surface area (Å²) >= 11 is 0. The third-order valence-electron chi connectivity index (χ3n) is 6.39. The van der Waals surface area contributed by atoms with Gasteiger partial charge in [0.15, 0.2) is 11.0 Å². The molecule has 1 saturated heterocycles. The maximum atomic E-state index is 5.48. The van der Waals surface area contributed by atoms with Crippen molar-refractivity contribution in [3.63, 3.8) is 0 Å². The Morgan fingerprint density at radius 1 is 0.929 bits per heavy atom. The Kier molecular flexibility index (Phi) is 5.51. The number of aryl methyl sites for hydroxylation is 2. The van der Waals surface area contributed by atoms with Crippen molar-refractivity contribution in [2.45, 2.75) is 40.8 Å². The molecule has 4 nitrogen and oxygen atoms in total. The molecule has 0 aliphatic carbocycles. The minimum atomic E-state index is 0.859. The van der Waals surface area contributed by atoms with Gasteiger partial charge >= 0.3 is 0 Å². The van der Waals surface area contributed by atoms with Crippen molar-refractivity contribution in [1.82, 2.24) is 9.47 Å². The van der Waals surface area contributed by atoms with Gasteiger partial charge in [0.2, 0.25) is 6.33 Å². The number of imidazole rings is 1. The number of aromatic nitrogens is 2. The molecule has 1 aromatic heterocycles. The lowest BCUT2D eigenvalue weighted by Crippen LogP contribution is -2.38. The molecular formula is C24H32N3O+. The van der Waals surface area contributed by atoms with Crippen LogP contribution in [0.2, 0.25) is 0 Å². The average Bonchev–Trinajstić information content (AvgIpc) is 3.07. The van der Waals surface area contributed by atoms with Gasteiger partial charge in [-0.15, -0.1) is 0 Å². The van der Waals surface area contributed by atoms with E-state index in [2.05, 4.69) is 78.4 Å². The van der Waals surface area contributed by atoms with Crippen LogP contribution >= 0.6 is 0 Å². The number of nitrogens with zero attached hydrogens (tertiary/aromatic N) is 3. The predicted molar refractivity (Wildman–Crippen MR) is 114 cm³/mol. The van der Waals surface area contributed by atoms with Gasteiger partial charge in [-0.2, -0.15) is 0 Å². The first-order valence-corrected chi connectivity index (χ1v) is 10.4. The lowest BCUT2D eigenvalue weighted by Gasteiger charge is -2.25. The molecule has 1 aliphatic rings. The minimum absolute atomic E-state index is 0.859. The Hall–Kier alpha value is -2.17. The molecule has 4 heteroatoms. The van der Waals surface area contributed by atoms with Crippen LogP contribution in [0.15, 0.2) is 36.7 Å². The number of hydrogen-bond acceptors (Lipinski definition) is 2. The van der Waals surface area contributed by atoms with Crippen molar-refractivity contribution in [2.75, 3.05) is 32.8 Å². The van der Waals surface area contributed by atoms with Gasteiger partial charge in [0, 0.05) is 19.6 Å². The molecule has 0 bridgehead atoms. The first kappa shape index (κ1) is 19.2. The molecule has 0 spiro atoms. The Bertz CT molecular complexity index is 957. The van der Waals surface area contributed by atoms with Gasteiger partial charge in [0.1, 0.15) is 13.1 Å². The minimum Gasteiger partial charge on any atom is -0.379 e. The number of ether oxygens (including phenoxy) is 1. The zero-order chi connectivity index (χ0) is 19.7. The highest BCUT2D eigenvalue weighted by Gasteiger charge is 2.19. The highest BCUT2D eigenvalue weighted by molar-refractivity contribution is 5.71. The largest absolute Gasteiger partial charge is 0.379 e. The highest BCUT2D eigenvalue weighted by Crippen LogP contribution is 2.22. The third kappa shape index (κ3) is 3.71. The van der Waals surface area contributed by atoms with Crippen molar-refractivity contribution in [3.8, 4) is 0 Å². The fraction of sp³-hybridized carbons (Fsp3) is 0.458. The van der Waals surface area contributed by atoms with E-state index in [1.54, 1.807) is 0 Å². The van der Waals surface area contributed by atoms with Crippen LogP contribution in [0.5, 0.6) is 0 Å². The van der Waals surface area contributed by atoms with E-state index in [0.29, 0.717) is 0 Å².